The summed E-state index contributed by atoms with van der Waals surface area (Å²) in [4.78, 5) is 14.0. The number of benzene rings is 2. The van der Waals surface area contributed by atoms with Gasteiger partial charge in [-0.2, -0.15) is 5.10 Å². The number of aromatic nitrogens is 2. The van der Waals surface area contributed by atoms with E-state index in [1.54, 1.807) is 19.2 Å². The van der Waals surface area contributed by atoms with Gasteiger partial charge in [0.05, 0.1) is 0 Å². The van der Waals surface area contributed by atoms with E-state index in [1.807, 2.05) is 30.3 Å². The fourth-order valence-electron chi connectivity index (χ4n) is 2.10. The zero-order valence-electron chi connectivity index (χ0n) is 10.8. The fraction of sp³-hybridized carbons (Fsp3) is 0.0667. The Balaban J connectivity index is 2.03. The van der Waals surface area contributed by atoms with Crippen molar-refractivity contribution in [3.63, 3.8) is 0 Å². The van der Waals surface area contributed by atoms with Crippen LogP contribution in [0.3, 0.4) is 0 Å². The van der Waals surface area contributed by atoms with Crippen LogP contribution in [0.4, 0.5) is 10.1 Å². The maximum Gasteiger partial charge on any atom is 0.276 e. The number of halogens is 1. The molecule has 0 atom stereocenters. The van der Waals surface area contributed by atoms with Gasteiger partial charge >= 0.3 is 0 Å². The number of amides is 1. The number of fused-ring (bicyclic) bond motifs is 1. The molecule has 2 aromatic carbocycles. The molecule has 0 spiro atoms. The molecule has 0 aliphatic carbocycles. The van der Waals surface area contributed by atoms with Crippen LogP contribution in [-0.2, 0) is 0 Å². The fourth-order valence-corrected chi connectivity index (χ4v) is 2.10. The molecule has 1 N–H and O–H groups in total. The van der Waals surface area contributed by atoms with Crippen molar-refractivity contribution in [2.45, 2.75) is 0 Å². The highest BCUT2D eigenvalue weighted by Gasteiger charge is 2.19. The van der Waals surface area contributed by atoms with Crippen LogP contribution in [0.2, 0.25) is 0 Å². The van der Waals surface area contributed by atoms with E-state index in [0.29, 0.717) is 5.39 Å². The Morgan fingerprint density at radius 2 is 1.90 bits per heavy atom. The molecule has 0 bridgehead atoms. The van der Waals surface area contributed by atoms with Crippen molar-refractivity contribution >= 4 is 22.5 Å². The first kappa shape index (κ1) is 12.3. The minimum Gasteiger partial charge on any atom is -0.310 e. The summed E-state index contributed by atoms with van der Waals surface area (Å²) in [5, 5.41) is 6.98. The molecule has 1 aromatic heterocycles. The van der Waals surface area contributed by atoms with E-state index in [9.17, 15) is 9.18 Å². The van der Waals surface area contributed by atoms with E-state index in [1.165, 1.54) is 11.0 Å². The Labute approximate surface area is 114 Å². The summed E-state index contributed by atoms with van der Waals surface area (Å²) in [5.41, 5.74) is 1.22. The minimum absolute atomic E-state index is 0.178. The van der Waals surface area contributed by atoms with Crippen molar-refractivity contribution < 1.29 is 9.18 Å². The zero-order chi connectivity index (χ0) is 14.1. The molecule has 100 valence electrons. The Morgan fingerprint density at radius 1 is 1.15 bits per heavy atom. The molecule has 3 rings (SSSR count). The van der Waals surface area contributed by atoms with Crippen LogP contribution in [-0.4, -0.2) is 23.2 Å². The van der Waals surface area contributed by atoms with E-state index < -0.39 is 5.82 Å². The number of hydrogen-bond acceptors (Lipinski definition) is 2. The highest BCUT2D eigenvalue weighted by molar-refractivity contribution is 6.12. The number of anilines is 1. The first-order valence-corrected chi connectivity index (χ1v) is 6.14. The average Bonchev–Trinajstić information content (AvgIpc) is 2.92. The van der Waals surface area contributed by atoms with Gasteiger partial charge in [-0.25, -0.2) is 4.39 Å². The molecule has 1 amide bonds. The van der Waals surface area contributed by atoms with Crippen molar-refractivity contribution in [3.8, 4) is 0 Å². The summed E-state index contributed by atoms with van der Waals surface area (Å²) in [6, 6.07) is 13.8. The smallest absolute Gasteiger partial charge is 0.276 e. The van der Waals surface area contributed by atoms with E-state index >= 15 is 0 Å². The third-order valence-corrected chi connectivity index (χ3v) is 3.20. The maximum absolute atomic E-state index is 13.6. The second-order valence-corrected chi connectivity index (χ2v) is 4.43. The van der Waals surface area contributed by atoms with Crippen LogP contribution in [0, 0.1) is 5.82 Å². The monoisotopic (exact) mass is 269 g/mol. The van der Waals surface area contributed by atoms with Gasteiger partial charge in [0.2, 0.25) is 0 Å². The molecule has 0 aliphatic heterocycles. The average molecular weight is 269 g/mol. The van der Waals surface area contributed by atoms with Gasteiger partial charge < -0.3 is 4.90 Å². The summed E-state index contributed by atoms with van der Waals surface area (Å²) in [7, 11) is 1.67. The number of para-hydroxylation sites is 2. The molecule has 0 fully saturated rings. The van der Waals surface area contributed by atoms with Gasteiger partial charge in [-0.15, -0.1) is 0 Å². The molecule has 0 saturated carbocycles. The lowest BCUT2D eigenvalue weighted by Crippen LogP contribution is -2.26. The summed E-state index contributed by atoms with van der Waals surface area (Å²) in [6.07, 6.45) is 0. The summed E-state index contributed by atoms with van der Waals surface area (Å²) in [6.45, 7) is 0. The topological polar surface area (TPSA) is 49.0 Å². The van der Waals surface area contributed by atoms with E-state index in [2.05, 4.69) is 10.2 Å². The third-order valence-electron chi connectivity index (χ3n) is 3.20. The molecular weight excluding hydrogens is 257 g/mol. The van der Waals surface area contributed by atoms with E-state index in [4.69, 9.17) is 0 Å². The van der Waals surface area contributed by atoms with Gasteiger partial charge in [0.1, 0.15) is 11.2 Å². The second kappa shape index (κ2) is 4.77. The van der Waals surface area contributed by atoms with Gasteiger partial charge in [-0.1, -0.05) is 30.3 Å². The van der Waals surface area contributed by atoms with Crippen LogP contribution >= 0.6 is 0 Å². The molecule has 5 heteroatoms. The lowest BCUT2D eigenvalue weighted by molar-refractivity contribution is 0.0990. The number of carbonyl (C=O) groups excluding carboxylic acids is 1. The number of aromatic amines is 1. The molecule has 0 saturated heterocycles. The Morgan fingerprint density at radius 3 is 2.65 bits per heavy atom. The predicted octanol–water partition coefficient (Wildman–Crippen LogP) is 2.98. The number of hydrogen-bond donors (Lipinski definition) is 1. The standard InChI is InChI=1S/C15H12FN3O/c1-19(10-6-3-2-4-7-10)15(20)14-11-8-5-9-12(16)13(11)17-18-14/h2-9H,1H3,(H,17,18). The van der Waals surface area contributed by atoms with Gasteiger partial charge in [-0.3, -0.25) is 9.89 Å². The summed E-state index contributed by atoms with van der Waals surface area (Å²) < 4.78 is 13.6. The zero-order valence-corrected chi connectivity index (χ0v) is 10.8. The largest absolute Gasteiger partial charge is 0.310 e. The number of carbonyl (C=O) groups is 1. The molecule has 4 nitrogen and oxygen atoms in total. The molecule has 1 heterocycles. The normalized spacial score (nSPS) is 10.7. The second-order valence-electron chi connectivity index (χ2n) is 4.43. The SMILES string of the molecule is CN(C(=O)c1[nH]nc2c(F)cccc12)c1ccccc1. The van der Waals surface area contributed by atoms with E-state index in [-0.39, 0.29) is 17.1 Å². The van der Waals surface area contributed by atoms with Crippen molar-refractivity contribution in [3.05, 3.63) is 60.0 Å². The number of rotatable bonds is 2. The molecule has 3 aromatic rings. The Kier molecular flexibility index (Phi) is 2.95. The molecule has 20 heavy (non-hydrogen) atoms. The number of H-pyrrole nitrogens is 1. The van der Waals surface area contributed by atoms with Crippen LogP contribution in [0.15, 0.2) is 48.5 Å². The molecule has 0 unspecified atom stereocenters. The molecule has 0 aliphatic rings. The van der Waals surface area contributed by atoms with Crippen molar-refractivity contribution in [1.82, 2.24) is 10.2 Å². The predicted molar refractivity (Wildman–Crippen MR) is 75.2 cm³/mol. The van der Waals surface area contributed by atoms with Crippen molar-refractivity contribution in [1.29, 1.82) is 0 Å². The van der Waals surface area contributed by atoms with Crippen LogP contribution < -0.4 is 4.90 Å². The van der Waals surface area contributed by atoms with Crippen LogP contribution in [0.5, 0.6) is 0 Å². The maximum atomic E-state index is 13.6. The summed E-state index contributed by atoms with van der Waals surface area (Å²) in [5.74, 6) is -0.704. The van der Waals surface area contributed by atoms with Gasteiger partial charge in [0.25, 0.3) is 5.91 Å². The quantitative estimate of drug-likeness (QED) is 0.777. The highest BCUT2D eigenvalue weighted by atomic mass is 19.1. The minimum atomic E-state index is -0.444. The van der Waals surface area contributed by atoms with E-state index in [0.717, 1.165) is 5.69 Å². The lowest BCUT2D eigenvalue weighted by Gasteiger charge is -2.16. The van der Waals surface area contributed by atoms with Gasteiger partial charge in [0.15, 0.2) is 5.82 Å². The highest BCUT2D eigenvalue weighted by Crippen LogP contribution is 2.21. The van der Waals surface area contributed by atoms with Crippen LogP contribution in [0.1, 0.15) is 10.5 Å². The number of nitrogens with one attached hydrogen (secondary N) is 1. The van der Waals surface area contributed by atoms with Crippen LogP contribution in [0.25, 0.3) is 10.9 Å². The van der Waals surface area contributed by atoms with Gasteiger partial charge in [0, 0.05) is 18.1 Å². The first-order chi connectivity index (χ1) is 9.68. The van der Waals surface area contributed by atoms with Crippen molar-refractivity contribution in [2.75, 3.05) is 11.9 Å². The molecular formula is C15H12FN3O. The van der Waals surface area contributed by atoms with Crippen molar-refractivity contribution in [2.24, 2.45) is 0 Å². The summed E-state index contributed by atoms with van der Waals surface area (Å²) >= 11 is 0. The molecule has 0 radical (unpaired) electrons. The van der Waals surface area contributed by atoms with Gasteiger partial charge in [-0.05, 0) is 18.2 Å². The first-order valence-electron chi connectivity index (χ1n) is 6.14. The lowest BCUT2D eigenvalue weighted by atomic mass is 10.2. The Hall–Kier alpha value is -2.69. The third kappa shape index (κ3) is 1.93. The Bertz CT molecular complexity index is 767. The number of nitrogens with zero attached hydrogens (tertiary/aromatic N) is 2.